The molecule has 0 amide bonds. The maximum atomic E-state index is 12.7. The average molecular weight is 503 g/mol. The van der Waals surface area contributed by atoms with Crippen LogP contribution in [0.4, 0.5) is 19.1 Å². The molecule has 186 valence electrons. The molecule has 0 radical (unpaired) electrons. The average Bonchev–Trinajstić information content (AvgIpc) is 3.23. The highest BCUT2D eigenvalue weighted by molar-refractivity contribution is 7.91. The van der Waals surface area contributed by atoms with E-state index in [4.69, 9.17) is 19.6 Å². The number of aliphatic carboxylic acids is 1. The fraction of sp³-hybridized carbons (Fsp3) is 0.476. The number of methoxy groups -OCH3 is 1. The minimum Gasteiger partial charge on any atom is -0.475 e. The Kier molecular flexibility index (Phi) is 8.10. The van der Waals surface area contributed by atoms with Crippen molar-refractivity contribution < 1.29 is 36.2 Å². The number of carbonyl (C=O) groups is 1. The van der Waals surface area contributed by atoms with E-state index in [0.717, 1.165) is 23.4 Å². The van der Waals surface area contributed by atoms with Gasteiger partial charge in [0.1, 0.15) is 0 Å². The number of carboxylic acids is 1. The number of benzene rings is 1. The summed E-state index contributed by atoms with van der Waals surface area (Å²) in [4.78, 5) is 20.1. The normalized spacial score (nSPS) is 21.1. The van der Waals surface area contributed by atoms with E-state index in [9.17, 15) is 21.6 Å². The molecule has 0 aliphatic carbocycles. The first-order valence-corrected chi connectivity index (χ1v) is 12.1. The second-order valence-electron chi connectivity index (χ2n) is 7.95. The van der Waals surface area contributed by atoms with E-state index in [1.54, 1.807) is 13.3 Å². The van der Waals surface area contributed by atoms with Crippen molar-refractivity contribution in [2.24, 2.45) is 0 Å². The van der Waals surface area contributed by atoms with E-state index in [1.165, 1.54) is 0 Å². The molecule has 2 N–H and O–H groups in total. The number of aromatic nitrogens is 2. The molecule has 2 aliphatic heterocycles. The zero-order valence-corrected chi connectivity index (χ0v) is 19.1. The van der Waals surface area contributed by atoms with Gasteiger partial charge in [0.05, 0.1) is 23.3 Å². The quantitative estimate of drug-likeness (QED) is 0.611. The maximum Gasteiger partial charge on any atom is 0.490 e. The smallest absolute Gasteiger partial charge is 0.475 e. The number of hydrogen-bond acceptors (Lipinski definition) is 8. The lowest BCUT2D eigenvalue weighted by molar-refractivity contribution is -0.192. The summed E-state index contributed by atoms with van der Waals surface area (Å²) in [7, 11) is -1.52. The van der Waals surface area contributed by atoms with Crippen LogP contribution in [0.15, 0.2) is 36.5 Å². The minimum atomic E-state index is -5.08. The molecule has 0 spiro atoms. The Bertz CT molecular complexity index is 1100. The van der Waals surface area contributed by atoms with Gasteiger partial charge in [-0.2, -0.15) is 13.2 Å². The van der Waals surface area contributed by atoms with E-state index in [-0.39, 0.29) is 11.7 Å². The number of sulfone groups is 1. The number of rotatable bonds is 6. The van der Waals surface area contributed by atoms with Crippen LogP contribution in [0.1, 0.15) is 22.7 Å². The van der Waals surface area contributed by atoms with Gasteiger partial charge in [0.15, 0.2) is 9.84 Å². The van der Waals surface area contributed by atoms with E-state index in [2.05, 4.69) is 15.2 Å². The van der Waals surface area contributed by atoms with Gasteiger partial charge < -0.3 is 15.2 Å². The van der Waals surface area contributed by atoms with Gasteiger partial charge in [-0.25, -0.2) is 23.2 Å². The zero-order valence-electron chi connectivity index (χ0n) is 18.3. The number of anilines is 1. The standard InChI is InChI=1S/C19H24N4O3S.C2HF3O2/c1-26-8-7-23-11-16-17(12-23)27(24,25)13-15-10-21-19(22-18(15)16)20-9-14-5-3-2-4-6-14;3-2(4,5)1(6)7/h2-6,10,16-17H,7-9,11-13H2,1H3,(H,20,21,22);(H,6,7)/t16-,17+;/m0./s1. The molecule has 0 bridgehead atoms. The van der Waals surface area contributed by atoms with Crippen molar-refractivity contribution in [3.63, 3.8) is 0 Å². The number of hydrogen-bond donors (Lipinski definition) is 2. The van der Waals surface area contributed by atoms with Crippen LogP contribution in [-0.4, -0.2) is 79.1 Å². The fourth-order valence-electron chi connectivity index (χ4n) is 3.92. The predicted octanol–water partition coefficient (Wildman–Crippen LogP) is 2.06. The molecular weight excluding hydrogens is 477 g/mol. The minimum absolute atomic E-state index is 0.0284. The molecule has 4 rings (SSSR count). The van der Waals surface area contributed by atoms with Crippen LogP contribution in [0.5, 0.6) is 0 Å². The number of carboxylic acid groups (broad SMARTS) is 1. The van der Waals surface area contributed by atoms with Crippen molar-refractivity contribution in [3.8, 4) is 0 Å². The van der Waals surface area contributed by atoms with Crippen molar-refractivity contribution in [2.75, 3.05) is 38.7 Å². The molecule has 34 heavy (non-hydrogen) atoms. The summed E-state index contributed by atoms with van der Waals surface area (Å²) in [6, 6.07) is 10.0. The largest absolute Gasteiger partial charge is 0.490 e. The third kappa shape index (κ3) is 6.42. The highest BCUT2D eigenvalue weighted by atomic mass is 32.2. The van der Waals surface area contributed by atoms with Gasteiger partial charge >= 0.3 is 12.1 Å². The summed E-state index contributed by atoms with van der Waals surface area (Å²) in [5.41, 5.74) is 2.75. The van der Waals surface area contributed by atoms with E-state index >= 15 is 0 Å². The van der Waals surface area contributed by atoms with Crippen LogP contribution < -0.4 is 5.32 Å². The van der Waals surface area contributed by atoms with Crippen molar-refractivity contribution in [1.29, 1.82) is 0 Å². The van der Waals surface area contributed by atoms with E-state index in [1.807, 2.05) is 30.3 Å². The summed E-state index contributed by atoms with van der Waals surface area (Å²) in [6.07, 6.45) is -3.42. The molecule has 9 nitrogen and oxygen atoms in total. The van der Waals surface area contributed by atoms with Crippen LogP contribution in [-0.2, 0) is 31.7 Å². The molecule has 1 aromatic carbocycles. The number of fused-ring (bicyclic) bond motifs is 3. The molecule has 1 fully saturated rings. The molecule has 2 aromatic rings. The lowest BCUT2D eigenvalue weighted by atomic mass is 10.00. The van der Waals surface area contributed by atoms with Gasteiger partial charge in [-0.1, -0.05) is 30.3 Å². The molecule has 1 saturated heterocycles. The van der Waals surface area contributed by atoms with Crippen LogP contribution in [0.2, 0.25) is 0 Å². The number of halogens is 3. The Balaban J connectivity index is 0.000000406. The third-order valence-electron chi connectivity index (χ3n) is 5.56. The summed E-state index contributed by atoms with van der Waals surface area (Å²) in [6.45, 7) is 3.20. The lowest BCUT2D eigenvalue weighted by Crippen LogP contribution is -2.35. The second kappa shape index (κ2) is 10.7. The van der Waals surface area contributed by atoms with Gasteiger partial charge in [0, 0.05) is 51.0 Å². The van der Waals surface area contributed by atoms with Gasteiger partial charge in [0.2, 0.25) is 5.95 Å². The van der Waals surface area contributed by atoms with Crippen LogP contribution in [0.3, 0.4) is 0 Å². The van der Waals surface area contributed by atoms with Crippen molar-refractivity contribution in [1.82, 2.24) is 14.9 Å². The molecule has 0 saturated carbocycles. The molecule has 3 heterocycles. The van der Waals surface area contributed by atoms with Gasteiger partial charge in [-0.15, -0.1) is 0 Å². The molecule has 2 aliphatic rings. The van der Waals surface area contributed by atoms with E-state index < -0.39 is 27.2 Å². The molecular formula is C21H25F3N4O5S. The van der Waals surface area contributed by atoms with Gasteiger partial charge in [0.25, 0.3) is 0 Å². The topological polar surface area (TPSA) is 122 Å². The van der Waals surface area contributed by atoms with Crippen molar-refractivity contribution in [2.45, 2.75) is 29.6 Å². The van der Waals surface area contributed by atoms with Crippen LogP contribution in [0, 0.1) is 0 Å². The summed E-state index contributed by atoms with van der Waals surface area (Å²) >= 11 is 0. The SMILES string of the molecule is COCCN1C[C@@H]2c3nc(NCc4ccccc4)ncc3CS(=O)(=O)[C@@H]2C1.O=C(O)C(F)(F)F. The molecule has 1 aromatic heterocycles. The number of nitrogens with zero attached hydrogens (tertiary/aromatic N) is 3. The third-order valence-corrected chi connectivity index (χ3v) is 7.67. The Morgan fingerprint density at radius 2 is 1.94 bits per heavy atom. The summed E-state index contributed by atoms with van der Waals surface area (Å²) < 4.78 is 62.3. The number of ether oxygens (including phenoxy) is 1. The Hall–Kier alpha value is -2.77. The first kappa shape index (κ1) is 25.8. The highest BCUT2D eigenvalue weighted by Gasteiger charge is 2.47. The molecule has 2 atom stereocenters. The fourth-order valence-corrected chi connectivity index (χ4v) is 5.94. The van der Waals surface area contributed by atoms with Crippen molar-refractivity contribution >= 4 is 21.8 Å². The number of nitrogens with one attached hydrogen (secondary N) is 1. The first-order valence-electron chi connectivity index (χ1n) is 10.4. The van der Waals surface area contributed by atoms with Gasteiger partial charge in [-0.3, -0.25) is 4.90 Å². The maximum absolute atomic E-state index is 12.7. The Morgan fingerprint density at radius 1 is 1.26 bits per heavy atom. The van der Waals surface area contributed by atoms with Gasteiger partial charge in [-0.05, 0) is 5.56 Å². The lowest BCUT2D eigenvalue weighted by Gasteiger charge is -2.26. The van der Waals surface area contributed by atoms with Crippen LogP contribution >= 0.6 is 0 Å². The predicted molar refractivity (Wildman–Crippen MR) is 117 cm³/mol. The second-order valence-corrected chi connectivity index (χ2v) is 10.2. The highest BCUT2D eigenvalue weighted by Crippen LogP contribution is 2.39. The number of alkyl halides is 3. The molecule has 13 heteroatoms. The molecule has 0 unspecified atom stereocenters. The zero-order chi connectivity index (χ0) is 24.9. The Morgan fingerprint density at radius 3 is 2.56 bits per heavy atom. The Labute approximate surface area is 194 Å². The van der Waals surface area contributed by atoms with Crippen LogP contribution in [0.25, 0.3) is 0 Å². The van der Waals surface area contributed by atoms with E-state index in [0.29, 0.717) is 32.2 Å². The number of likely N-dealkylation sites (tertiary alicyclic amines) is 1. The summed E-state index contributed by atoms with van der Waals surface area (Å²) in [5.74, 6) is -2.28. The summed E-state index contributed by atoms with van der Waals surface area (Å²) in [5, 5.41) is 9.99. The van der Waals surface area contributed by atoms with Crippen molar-refractivity contribution in [3.05, 3.63) is 53.3 Å². The first-order chi connectivity index (χ1) is 16.0. The monoisotopic (exact) mass is 502 g/mol.